The summed E-state index contributed by atoms with van der Waals surface area (Å²) in [6, 6.07) is 34.0. The largest absolute Gasteiger partial charge is 0.501 e. The molecule has 0 heterocycles. The first-order valence-electron chi connectivity index (χ1n) is 10.1. The average Bonchev–Trinajstić information content (AvgIpc) is 2.82. The number of benzene rings is 4. The van der Waals surface area contributed by atoms with Gasteiger partial charge in [0.25, 0.3) is 0 Å². The summed E-state index contributed by atoms with van der Waals surface area (Å²) >= 11 is 0. The Morgan fingerprint density at radius 2 is 1.40 bits per heavy atom. The molecule has 0 fully saturated rings. The van der Waals surface area contributed by atoms with Gasteiger partial charge in [-0.15, -0.1) is 0 Å². The molecule has 0 aromatic heterocycles. The lowest BCUT2D eigenvalue weighted by molar-refractivity contribution is 0.275. The maximum absolute atomic E-state index is 5.88. The van der Waals surface area contributed by atoms with Gasteiger partial charge in [-0.05, 0) is 59.1 Å². The zero-order chi connectivity index (χ0) is 20.6. The molecule has 0 atom stereocenters. The van der Waals surface area contributed by atoms with Gasteiger partial charge in [-0.25, -0.2) is 0 Å². The molecule has 2 nitrogen and oxygen atoms in total. The zero-order valence-corrected chi connectivity index (χ0v) is 18.0. The highest BCUT2D eigenvalue weighted by atomic mass is 31.1. The number of hydrogen-bond acceptors (Lipinski definition) is 2. The first kappa shape index (κ1) is 20.2. The highest BCUT2D eigenvalue weighted by Crippen LogP contribution is 2.33. The maximum atomic E-state index is 5.88. The van der Waals surface area contributed by atoms with E-state index in [1.807, 2.05) is 18.4 Å². The lowest BCUT2D eigenvalue weighted by Crippen LogP contribution is -2.15. The van der Waals surface area contributed by atoms with Gasteiger partial charge < -0.3 is 9.47 Å². The molecule has 4 aromatic rings. The van der Waals surface area contributed by atoms with E-state index in [4.69, 9.17) is 9.47 Å². The highest BCUT2D eigenvalue weighted by molar-refractivity contribution is 7.73. The number of rotatable bonds is 8. The number of ether oxygens (including phenoxy) is 2. The van der Waals surface area contributed by atoms with E-state index in [2.05, 4.69) is 91.0 Å². The van der Waals surface area contributed by atoms with E-state index in [0.717, 1.165) is 22.9 Å². The minimum absolute atomic E-state index is 0.424. The van der Waals surface area contributed by atoms with Crippen LogP contribution in [0.2, 0.25) is 0 Å². The van der Waals surface area contributed by atoms with Gasteiger partial charge >= 0.3 is 0 Å². The summed E-state index contributed by atoms with van der Waals surface area (Å²) in [4.78, 5) is 0. The van der Waals surface area contributed by atoms with E-state index in [-0.39, 0.29) is 0 Å². The average molecular weight is 412 g/mol. The molecule has 0 N–H and O–H groups in total. The molecule has 30 heavy (non-hydrogen) atoms. The van der Waals surface area contributed by atoms with E-state index in [0.29, 0.717) is 6.61 Å². The van der Waals surface area contributed by atoms with E-state index in [1.54, 1.807) is 7.11 Å². The number of hydrogen-bond donors (Lipinski definition) is 0. The van der Waals surface area contributed by atoms with Crippen LogP contribution in [0, 0.1) is 0 Å². The van der Waals surface area contributed by atoms with Crippen LogP contribution in [0.15, 0.2) is 103 Å². The highest BCUT2D eigenvalue weighted by Gasteiger charge is 2.12. The predicted molar refractivity (Wildman–Crippen MR) is 129 cm³/mol. The Labute approximate surface area is 179 Å². The lowest BCUT2D eigenvalue weighted by atomic mass is 10.1. The van der Waals surface area contributed by atoms with Crippen molar-refractivity contribution in [1.29, 1.82) is 0 Å². The third kappa shape index (κ3) is 5.09. The monoisotopic (exact) mass is 412 g/mol. The van der Waals surface area contributed by atoms with Crippen LogP contribution in [-0.2, 0) is 4.74 Å². The predicted octanol–water partition coefficient (Wildman–Crippen LogP) is 5.97. The first-order chi connectivity index (χ1) is 14.8. The quantitative estimate of drug-likeness (QED) is 0.202. The van der Waals surface area contributed by atoms with Crippen molar-refractivity contribution in [2.45, 2.75) is 0 Å². The van der Waals surface area contributed by atoms with Crippen molar-refractivity contribution < 1.29 is 9.47 Å². The van der Waals surface area contributed by atoms with Gasteiger partial charge in [0.05, 0.1) is 20.0 Å². The molecule has 0 aliphatic rings. The molecule has 0 spiro atoms. The Kier molecular flexibility index (Phi) is 6.79. The number of methoxy groups -OCH3 is 1. The lowest BCUT2D eigenvalue weighted by Gasteiger charge is -2.18. The second-order valence-corrected chi connectivity index (χ2v) is 9.30. The summed E-state index contributed by atoms with van der Waals surface area (Å²) in [7, 11) is 1.27. The van der Waals surface area contributed by atoms with Crippen molar-refractivity contribution in [1.82, 2.24) is 0 Å². The third-order valence-corrected chi connectivity index (χ3v) is 7.47. The fourth-order valence-corrected chi connectivity index (χ4v) is 5.60. The first-order valence-corrected chi connectivity index (χ1v) is 11.6. The van der Waals surface area contributed by atoms with Gasteiger partial charge in [0, 0.05) is 6.16 Å². The van der Waals surface area contributed by atoms with Crippen molar-refractivity contribution in [2.24, 2.45) is 0 Å². The number of fused-ring (bicyclic) bond motifs is 1. The summed E-state index contributed by atoms with van der Waals surface area (Å²) in [5.74, 6) is 0.870. The molecule has 0 saturated heterocycles. The van der Waals surface area contributed by atoms with Crippen LogP contribution in [-0.4, -0.2) is 19.9 Å². The molecule has 0 saturated carbocycles. The van der Waals surface area contributed by atoms with E-state index < -0.39 is 7.92 Å². The topological polar surface area (TPSA) is 18.5 Å². The van der Waals surface area contributed by atoms with Gasteiger partial charge in [-0.2, -0.15) is 0 Å². The van der Waals surface area contributed by atoms with Crippen molar-refractivity contribution >= 4 is 35.4 Å². The van der Waals surface area contributed by atoms with Crippen molar-refractivity contribution in [3.05, 3.63) is 109 Å². The maximum Gasteiger partial charge on any atom is 0.119 e. The fourth-order valence-electron chi connectivity index (χ4n) is 3.44. The third-order valence-electron chi connectivity index (χ3n) is 5.00. The fraction of sp³-hybridized carbons (Fsp3) is 0.111. The van der Waals surface area contributed by atoms with Crippen LogP contribution >= 0.6 is 7.92 Å². The van der Waals surface area contributed by atoms with Crippen molar-refractivity contribution in [3.8, 4) is 5.75 Å². The minimum Gasteiger partial charge on any atom is -0.501 e. The minimum atomic E-state index is -0.424. The molecule has 0 aliphatic carbocycles. The van der Waals surface area contributed by atoms with Crippen LogP contribution in [0.1, 0.15) is 5.56 Å². The molecule has 0 radical (unpaired) electrons. The standard InChI is InChI=1S/C27H25O2P/c1-28-25-15-14-23-13-12-22(20-24(23)21-25)16-17-29-18-19-30(26-8-4-2-5-9-26)27-10-6-3-7-11-27/h2-17,20-21H,18-19H2,1H3/b17-16+. The molecular formula is C27H25O2P. The zero-order valence-electron chi connectivity index (χ0n) is 17.1. The van der Waals surface area contributed by atoms with Gasteiger partial charge in [0.2, 0.25) is 0 Å². The summed E-state index contributed by atoms with van der Waals surface area (Å²) in [5.41, 5.74) is 1.11. The molecule has 0 unspecified atom stereocenters. The van der Waals surface area contributed by atoms with E-state index in [1.165, 1.54) is 16.0 Å². The Balaban J connectivity index is 1.40. The van der Waals surface area contributed by atoms with Gasteiger partial charge in [-0.3, -0.25) is 0 Å². The molecule has 0 aliphatic heterocycles. The van der Waals surface area contributed by atoms with Gasteiger partial charge in [-0.1, -0.05) is 78.9 Å². The molecule has 4 aromatic carbocycles. The van der Waals surface area contributed by atoms with Crippen LogP contribution in [0.5, 0.6) is 5.75 Å². The molecular weight excluding hydrogens is 387 g/mol. The summed E-state index contributed by atoms with van der Waals surface area (Å²) in [6.45, 7) is 0.688. The molecule has 0 amide bonds. The molecule has 3 heteroatoms. The molecule has 0 bridgehead atoms. The van der Waals surface area contributed by atoms with E-state index in [9.17, 15) is 0 Å². The Morgan fingerprint density at radius 3 is 2.07 bits per heavy atom. The molecule has 150 valence electrons. The summed E-state index contributed by atoms with van der Waals surface area (Å²) < 4.78 is 11.2. The van der Waals surface area contributed by atoms with Crippen molar-refractivity contribution in [3.63, 3.8) is 0 Å². The second kappa shape index (κ2) is 10.1. The van der Waals surface area contributed by atoms with Crippen LogP contribution in [0.4, 0.5) is 0 Å². The SMILES string of the molecule is COc1ccc2ccc(/C=C/OCCP(c3ccccc3)c3ccccc3)cc2c1. The summed E-state index contributed by atoms with van der Waals surface area (Å²) in [5, 5.41) is 5.13. The van der Waals surface area contributed by atoms with Crippen LogP contribution in [0.25, 0.3) is 16.8 Å². The van der Waals surface area contributed by atoms with E-state index >= 15 is 0 Å². The molecule has 4 rings (SSSR count). The summed E-state index contributed by atoms with van der Waals surface area (Å²) in [6.07, 6.45) is 4.82. The van der Waals surface area contributed by atoms with Gasteiger partial charge in [0.15, 0.2) is 0 Å². The van der Waals surface area contributed by atoms with Gasteiger partial charge in [0.1, 0.15) is 5.75 Å². The smallest absolute Gasteiger partial charge is 0.119 e. The van der Waals surface area contributed by atoms with Crippen LogP contribution in [0.3, 0.4) is 0 Å². The Morgan fingerprint density at radius 1 is 0.733 bits per heavy atom. The second-order valence-electron chi connectivity index (χ2n) is 6.97. The normalized spacial score (nSPS) is 11.3. The van der Waals surface area contributed by atoms with Crippen LogP contribution < -0.4 is 15.3 Å². The Bertz CT molecular complexity index is 1070. The Hall–Kier alpha value is -3.09. The van der Waals surface area contributed by atoms with Crippen molar-refractivity contribution in [2.75, 3.05) is 19.9 Å².